The Bertz CT molecular complexity index is 383. The van der Waals surface area contributed by atoms with Gasteiger partial charge < -0.3 is 0 Å². The highest BCUT2D eigenvalue weighted by molar-refractivity contribution is 5.97. The minimum absolute atomic E-state index is 0.490. The summed E-state index contributed by atoms with van der Waals surface area (Å²) >= 11 is 0. The Kier molecular flexibility index (Phi) is 3.06. The number of halogens is 5. The molecule has 0 heterocycles. The zero-order chi connectivity index (χ0) is 11.6. The molecule has 1 nitrogen and oxygen atoms in total. The molecule has 0 N–H and O–H groups in total. The second-order valence-electron chi connectivity index (χ2n) is 2.72. The SMILES string of the molecule is O=C(CF)c1cccc(C(F)(F)F)c1F. The summed E-state index contributed by atoms with van der Waals surface area (Å²) in [6.45, 7) is -1.53. The average Bonchev–Trinajstić information content (AvgIpc) is 2.15. The first-order valence-corrected chi connectivity index (χ1v) is 3.82. The van der Waals surface area contributed by atoms with Crippen LogP contribution in [0.1, 0.15) is 15.9 Å². The number of carbonyl (C=O) groups excluding carboxylic acids is 1. The summed E-state index contributed by atoms with van der Waals surface area (Å²) in [4.78, 5) is 10.7. The van der Waals surface area contributed by atoms with Crippen molar-refractivity contribution in [3.63, 3.8) is 0 Å². The highest BCUT2D eigenvalue weighted by atomic mass is 19.4. The van der Waals surface area contributed by atoms with Crippen molar-refractivity contribution < 1.29 is 26.7 Å². The largest absolute Gasteiger partial charge is 0.419 e. The summed E-state index contributed by atoms with van der Waals surface area (Å²) in [6, 6.07) is 2.16. The molecule has 6 heteroatoms. The minimum Gasteiger partial charge on any atom is -0.291 e. The first-order chi connectivity index (χ1) is 6.88. The van der Waals surface area contributed by atoms with Gasteiger partial charge in [-0.3, -0.25) is 4.79 Å². The standard InChI is InChI=1S/C9H5F5O/c10-4-7(15)5-2-1-3-6(8(5)11)9(12,13)14/h1-3H,4H2. The fourth-order valence-corrected chi connectivity index (χ4v) is 1.04. The van der Waals surface area contributed by atoms with Crippen molar-refractivity contribution in [1.82, 2.24) is 0 Å². The lowest BCUT2D eigenvalue weighted by molar-refractivity contribution is -0.140. The van der Waals surface area contributed by atoms with Gasteiger partial charge in [0.15, 0.2) is 12.5 Å². The lowest BCUT2D eigenvalue weighted by Gasteiger charge is -2.09. The number of benzene rings is 1. The van der Waals surface area contributed by atoms with E-state index >= 15 is 0 Å². The van der Waals surface area contributed by atoms with E-state index in [2.05, 4.69) is 0 Å². The third kappa shape index (κ3) is 2.31. The monoisotopic (exact) mass is 224 g/mol. The van der Waals surface area contributed by atoms with Crippen molar-refractivity contribution >= 4 is 5.78 Å². The van der Waals surface area contributed by atoms with Crippen LogP contribution in [-0.2, 0) is 6.18 Å². The second kappa shape index (κ2) is 3.96. The predicted molar refractivity (Wildman–Crippen MR) is 41.7 cm³/mol. The van der Waals surface area contributed by atoms with Crippen molar-refractivity contribution in [1.29, 1.82) is 0 Å². The lowest BCUT2D eigenvalue weighted by atomic mass is 10.1. The molecule has 0 fully saturated rings. The van der Waals surface area contributed by atoms with E-state index in [1.54, 1.807) is 0 Å². The first-order valence-electron chi connectivity index (χ1n) is 3.82. The lowest BCUT2D eigenvalue weighted by Crippen LogP contribution is -2.13. The Morgan fingerprint density at radius 2 is 1.87 bits per heavy atom. The number of carbonyl (C=O) groups is 1. The fourth-order valence-electron chi connectivity index (χ4n) is 1.04. The van der Waals surface area contributed by atoms with Crippen LogP contribution in [0, 0.1) is 5.82 Å². The van der Waals surface area contributed by atoms with E-state index < -0.39 is 35.6 Å². The Labute approximate surface area is 81.5 Å². The maximum Gasteiger partial charge on any atom is 0.419 e. The molecule has 0 bridgehead atoms. The van der Waals surface area contributed by atoms with Crippen LogP contribution in [0.15, 0.2) is 18.2 Å². The molecular weight excluding hydrogens is 219 g/mol. The molecule has 0 aromatic heterocycles. The van der Waals surface area contributed by atoms with Crippen LogP contribution in [0.3, 0.4) is 0 Å². The summed E-state index contributed by atoms with van der Waals surface area (Å²) in [5.41, 5.74) is -2.45. The predicted octanol–water partition coefficient (Wildman–Crippen LogP) is 3.00. The van der Waals surface area contributed by atoms with Gasteiger partial charge in [0, 0.05) is 0 Å². The Morgan fingerprint density at radius 1 is 1.27 bits per heavy atom. The van der Waals surface area contributed by atoms with Gasteiger partial charge in [-0.25, -0.2) is 8.78 Å². The average molecular weight is 224 g/mol. The van der Waals surface area contributed by atoms with Gasteiger partial charge in [0.25, 0.3) is 0 Å². The molecular formula is C9H5F5O. The van der Waals surface area contributed by atoms with Crippen LogP contribution in [-0.4, -0.2) is 12.5 Å². The van der Waals surface area contributed by atoms with E-state index in [-0.39, 0.29) is 0 Å². The molecule has 0 aliphatic heterocycles. The minimum atomic E-state index is -4.89. The van der Waals surface area contributed by atoms with Gasteiger partial charge in [-0.2, -0.15) is 13.2 Å². The van der Waals surface area contributed by atoms with Gasteiger partial charge in [0.1, 0.15) is 5.82 Å². The number of hydrogen-bond acceptors (Lipinski definition) is 1. The molecule has 1 aromatic carbocycles. The fraction of sp³-hybridized carbons (Fsp3) is 0.222. The van der Waals surface area contributed by atoms with Crippen molar-refractivity contribution in [2.75, 3.05) is 6.67 Å². The van der Waals surface area contributed by atoms with E-state index in [1.807, 2.05) is 0 Å². The molecule has 0 amide bonds. The highest BCUT2D eigenvalue weighted by Gasteiger charge is 2.35. The first kappa shape index (κ1) is 11.6. The maximum atomic E-state index is 13.1. The molecule has 15 heavy (non-hydrogen) atoms. The molecule has 0 radical (unpaired) electrons. The number of ketones is 1. The van der Waals surface area contributed by atoms with E-state index in [9.17, 15) is 26.7 Å². The third-order valence-electron chi connectivity index (χ3n) is 1.73. The molecule has 0 atom stereocenters. The van der Waals surface area contributed by atoms with Crippen molar-refractivity contribution in [2.24, 2.45) is 0 Å². The summed E-state index contributed by atoms with van der Waals surface area (Å²) in [7, 11) is 0. The van der Waals surface area contributed by atoms with Gasteiger partial charge in [-0.1, -0.05) is 6.07 Å². The van der Waals surface area contributed by atoms with E-state index in [0.29, 0.717) is 6.07 Å². The zero-order valence-electron chi connectivity index (χ0n) is 7.24. The highest BCUT2D eigenvalue weighted by Crippen LogP contribution is 2.32. The van der Waals surface area contributed by atoms with E-state index in [0.717, 1.165) is 12.1 Å². The van der Waals surface area contributed by atoms with Crippen molar-refractivity contribution in [3.05, 3.63) is 35.1 Å². The molecule has 0 unspecified atom stereocenters. The number of alkyl halides is 4. The number of hydrogen-bond donors (Lipinski definition) is 0. The molecule has 0 saturated carbocycles. The maximum absolute atomic E-state index is 13.1. The third-order valence-corrected chi connectivity index (χ3v) is 1.73. The Morgan fingerprint density at radius 3 is 2.33 bits per heavy atom. The summed E-state index contributed by atoms with van der Waals surface area (Å²) < 4.78 is 61.4. The molecule has 0 aliphatic rings. The number of rotatable bonds is 2. The van der Waals surface area contributed by atoms with Crippen LogP contribution < -0.4 is 0 Å². The Balaban J connectivity index is 3.30. The zero-order valence-corrected chi connectivity index (χ0v) is 7.24. The van der Waals surface area contributed by atoms with Gasteiger partial charge in [-0.05, 0) is 12.1 Å². The summed E-state index contributed by atoms with van der Waals surface area (Å²) in [5, 5.41) is 0. The number of Topliss-reactive ketones (excluding diaryl/α,β-unsaturated/α-hetero) is 1. The molecule has 82 valence electrons. The molecule has 0 saturated heterocycles. The quantitative estimate of drug-likeness (QED) is 0.557. The van der Waals surface area contributed by atoms with Gasteiger partial charge in [0.05, 0.1) is 11.1 Å². The van der Waals surface area contributed by atoms with Crippen molar-refractivity contribution in [2.45, 2.75) is 6.18 Å². The topological polar surface area (TPSA) is 17.1 Å². The summed E-state index contributed by atoms with van der Waals surface area (Å²) in [6.07, 6.45) is -4.89. The van der Waals surface area contributed by atoms with Crippen LogP contribution >= 0.6 is 0 Å². The summed E-state index contributed by atoms with van der Waals surface area (Å²) in [5.74, 6) is -3.04. The Hall–Kier alpha value is -1.46. The smallest absolute Gasteiger partial charge is 0.291 e. The van der Waals surface area contributed by atoms with Gasteiger partial charge >= 0.3 is 6.18 Å². The van der Waals surface area contributed by atoms with Gasteiger partial charge in [0.2, 0.25) is 0 Å². The molecule has 0 aliphatic carbocycles. The van der Waals surface area contributed by atoms with Crippen LogP contribution in [0.25, 0.3) is 0 Å². The van der Waals surface area contributed by atoms with E-state index in [4.69, 9.17) is 0 Å². The van der Waals surface area contributed by atoms with Gasteiger partial charge in [-0.15, -0.1) is 0 Å². The van der Waals surface area contributed by atoms with E-state index in [1.165, 1.54) is 0 Å². The molecule has 1 aromatic rings. The van der Waals surface area contributed by atoms with Crippen molar-refractivity contribution in [3.8, 4) is 0 Å². The van der Waals surface area contributed by atoms with Crippen LogP contribution in [0.2, 0.25) is 0 Å². The molecule has 0 spiro atoms. The van der Waals surface area contributed by atoms with Crippen LogP contribution in [0.5, 0.6) is 0 Å². The second-order valence-corrected chi connectivity index (χ2v) is 2.72. The normalized spacial score (nSPS) is 11.5. The van der Waals surface area contributed by atoms with Crippen LogP contribution in [0.4, 0.5) is 22.0 Å². The molecule has 1 rings (SSSR count).